The van der Waals surface area contributed by atoms with Gasteiger partial charge in [0.2, 0.25) is 0 Å². The molecular weight excluding hydrogens is 328 g/mol. The van der Waals surface area contributed by atoms with Gasteiger partial charge in [-0.3, -0.25) is 0 Å². The van der Waals surface area contributed by atoms with Gasteiger partial charge in [-0.15, -0.1) is 0 Å². The van der Waals surface area contributed by atoms with Gasteiger partial charge in [0.05, 0.1) is 31.0 Å². The molecular formula is C13H13ClN4O3S. The molecule has 1 amide bonds. The number of ether oxygens (including phenoxy) is 2. The van der Waals surface area contributed by atoms with Crippen molar-refractivity contribution in [2.75, 3.05) is 19.5 Å². The Morgan fingerprint density at radius 2 is 2.18 bits per heavy atom. The lowest BCUT2D eigenvalue weighted by atomic mass is 10.3. The molecule has 1 heterocycles. The van der Waals surface area contributed by atoms with Crippen LogP contribution in [0, 0.1) is 0 Å². The van der Waals surface area contributed by atoms with Crippen molar-refractivity contribution in [1.29, 1.82) is 0 Å². The number of benzene rings is 1. The Balaban J connectivity index is 2.11. The molecule has 1 aromatic carbocycles. The van der Waals surface area contributed by atoms with E-state index in [9.17, 15) is 4.79 Å². The van der Waals surface area contributed by atoms with Crippen LogP contribution in [0.25, 0.3) is 0 Å². The zero-order valence-corrected chi connectivity index (χ0v) is 13.4. The van der Waals surface area contributed by atoms with Crippen LogP contribution in [-0.4, -0.2) is 31.5 Å². The highest BCUT2D eigenvalue weighted by Gasteiger charge is 2.10. The van der Waals surface area contributed by atoms with Crippen molar-refractivity contribution >= 4 is 46.1 Å². The second kappa shape index (κ2) is 7.62. The van der Waals surface area contributed by atoms with Crippen LogP contribution in [0.2, 0.25) is 5.15 Å². The maximum atomic E-state index is 10.9. The molecule has 0 aliphatic rings. The lowest BCUT2D eigenvalue weighted by molar-refractivity contribution is 0.171. The number of hydrogen-bond donors (Lipinski definition) is 2. The van der Waals surface area contributed by atoms with Gasteiger partial charge in [0.15, 0.2) is 10.3 Å². The van der Waals surface area contributed by atoms with E-state index in [4.69, 9.17) is 16.3 Å². The van der Waals surface area contributed by atoms with E-state index < -0.39 is 6.09 Å². The van der Waals surface area contributed by atoms with Crippen LogP contribution >= 0.6 is 22.9 Å². The van der Waals surface area contributed by atoms with Gasteiger partial charge in [-0.1, -0.05) is 35.1 Å². The van der Waals surface area contributed by atoms with Gasteiger partial charge in [0.25, 0.3) is 0 Å². The Morgan fingerprint density at radius 3 is 2.91 bits per heavy atom. The SMILES string of the molecule is COC(=O)N/N=C/c1sc(Nc2ccccc2OC)nc1Cl. The zero-order chi connectivity index (χ0) is 15.9. The van der Waals surface area contributed by atoms with E-state index in [1.807, 2.05) is 24.3 Å². The number of thiazole rings is 1. The summed E-state index contributed by atoms with van der Waals surface area (Å²) in [6, 6.07) is 7.44. The number of aromatic nitrogens is 1. The smallest absolute Gasteiger partial charge is 0.427 e. The fourth-order valence-electron chi connectivity index (χ4n) is 1.50. The highest BCUT2D eigenvalue weighted by atomic mass is 35.5. The van der Waals surface area contributed by atoms with Gasteiger partial charge in [0, 0.05) is 0 Å². The van der Waals surface area contributed by atoms with Crippen molar-refractivity contribution < 1.29 is 14.3 Å². The van der Waals surface area contributed by atoms with Gasteiger partial charge < -0.3 is 14.8 Å². The topological polar surface area (TPSA) is 84.8 Å². The molecule has 0 fully saturated rings. The van der Waals surface area contributed by atoms with E-state index in [-0.39, 0.29) is 5.15 Å². The van der Waals surface area contributed by atoms with Crippen LogP contribution in [0.5, 0.6) is 5.75 Å². The van der Waals surface area contributed by atoms with Crippen LogP contribution in [0.1, 0.15) is 4.88 Å². The summed E-state index contributed by atoms with van der Waals surface area (Å²) in [6.45, 7) is 0. The van der Waals surface area contributed by atoms with E-state index in [1.54, 1.807) is 7.11 Å². The van der Waals surface area contributed by atoms with Crippen molar-refractivity contribution in [3.05, 3.63) is 34.3 Å². The number of nitrogens with zero attached hydrogens (tertiary/aromatic N) is 2. The van der Waals surface area contributed by atoms with E-state index >= 15 is 0 Å². The van der Waals surface area contributed by atoms with Crippen LogP contribution in [0.4, 0.5) is 15.6 Å². The van der Waals surface area contributed by atoms with Gasteiger partial charge >= 0.3 is 6.09 Å². The zero-order valence-electron chi connectivity index (χ0n) is 11.8. The van der Waals surface area contributed by atoms with Gasteiger partial charge in [-0.2, -0.15) is 5.10 Å². The third kappa shape index (κ3) is 4.09. The minimum Gasteiger partial charge on any atom is -0.495 e. The van der Waals surface area contributed by atoms with Crippen molar-refractivity contribution in [2.45, 2.75) is 0 Å². The summed E-state index contributed by atoms with van der Waals surface area (Å²) in [6.07, 6.45) is 0.730. The molecule has 9 heteroatoms. The quantitative estimate of drug-likeness (QED) is 0.644. The Labute approximate surface area is 135 Å². The molecule has 2 N–H and O–H groups in total. The fraction of sp³-hybridized carbons (Fsp3) is 0.154. The normalized spacial score (nSPS) is 10.5. The third-order valence-electron chi connectivity index (χ3n) is 2.48. The first-order chi connectivity index (χ1) is 10.6. The third-order valence-corrected chi connectivity index (χ3v) is 3.79. The van der Waals surface area contributed by atoms with E-state index in [2.05, 4.69) is 25.6 Å². The molecule has 0 radical (unpaired) electrons. The van der Waals surface area contributed by atoms with Crippen molar-refractivity contribution in [1.82, 2.24) is 10.4 Å². The number of hydrogen-bond acceptors (Lipinski definition) is 7. The Kier molecular flexibility index (Phi) is 5.56. The minimum atomic E-state index is -0.663. The summed E-state index contributed by atoms with van der Waals surface area (Å²) >= 11 is 7.31. The molecule has 0 spiro atoms. The summed E-state index contributed by atoms with van der Waals surface area (Å²) < 4.78 is 9.64. The second-order valence-electron chi connectivity index (χ2n) is 3.86. The Bertz CT molecular complexity index is 690. The molecule has 7 nitrogen and oxygen atoms in total. The van der Waals surface area contributed by atoms with Gasteiger partial charge in [-0.25, -0.2) is 15.2 Å². The highest BCUT2D eigenvalue weighted by Crippen LogP contribution is 2.31. The number of nitrogens with one attached hydrogen (secondary N) is 2. The molecule has 0 atom stereocenters. The number of anilines is 2. The number of rotatable bonds is 5. The van der Waals surface area contributed by atoms with Gasteiger partial charge in [0.1, 0.15) is 5.75 Å². The van der Waals surface area contributed by atoms with Crippen molar-refractivity contribution in [3.63, 3.8) is 0 Å². The summed E-state index contributed by atoms with van der Waals surface area (Å²) in [4.78, 5) is 15.7. The number of methoxy groups -OCH3 is 2. The van der Waals surface area contributed by atoms with E-state index in [0.717, 1.165) is 5.69 Å². The molecule has 0 unspecified atom stereocenters. The number of halogens is 1. The minimum absolute atomic E-state index is 0.276. The average molecular weight is 341 g/mol. The Morgan fingerprint density at radius 1 is 1.41 bits per heavy atom. The Hall–Kier alpha value is -2.32. The maximum Gasteiger partial charge on any atom is 0.427 e. The molecule has 0 saturated carbocycles. The van der Waals surface area contributed by atoms with Crippen molar-refractivity contribution in [3.8, 4) is 5.75 Å². The number of amides is 1. The number of carbonyl (C=O) groups is 1. The van der Waals surface area contributed by atoms with E-state index in [0.29, 0.717) is 15.8 Å². The first kappa shape index (κ1) is 16.1. The van der Waals surface area contributed by atoms with Crippen LogP contribution in [-0.2, 0) is 4.74 Å². The molecule has 0 saturated heterocycles. The summed E-state index contributed by atoms with van der Waals surface area (Å²) in [5.41, 5.74) is 2.94. The molecule has 0 bridgehead atoms. The number of hydrazone groups is 1. The first-order valence-electron chi connectivity index (χ1n) is 6.07. The maximum absolute atomic E-state index is 10.9. The number of para-hydroxylation sites is 2. The summed E-state index contributed by atoms with van der Waals surface area (Å²) in [5, 5.41) is 7.68. The van der Waals surface area contributed by atoms with Crippen molar-refractivity contribution in [2.24, 2.45) is 5.10 Å². The molecule has 1 aromatic heterocycles. The highest BCUT2D eigenvalue weighted by molar-refractivity contribution is 7.17. The summed E-state index contributed by atoms with van der Waals surface area (Å²) in [7, 11) is 2.84. The lowest BCUT2D eigenvalue weighted by Gasteiger charge is -2.07. The molecule has 2 aromatic rings. The predicted molar refractivity (Wildman–Crippen MR) is 86.5 cm³/mol. The molecule has 0 aliphatic heterocycles. The number of carbonyl (C=O) groups excluding carboxylic acids is 1. The fourth-order valence-corrected chi connectivity index (χ4v) is 2.54. The lowest BCUT2D eigenvalue weighted by Crippen LogP contribution is -2.16. The van der Waals surface area contributed by atoms with Gasteiger partial charge in [-0.05, 0) is 12.1 Å². The second-order valence-corrected chi connectivity index (χ2v) is 5.25. The molecule has 2 rings (SSSR count). The monoisotopic (exact) mass is 340 g/mol. The summed E-state index contributed by atoms with van der Waals surface area (Å²) in [5.74, 6) is 0.691. The first-order valence-corrected chi connectivity index (χ1v) is 7.27. The van der Waals surface area contributed by atoms with E-state index in [1.165, 1.54) is 24.7 Å². The molecule has 116 valence electrons. The van der Waals surface area contributed by atoms with Crippen LogP contribution in [0.3, 0.4) is 0 Å². The molecule has 22 heavy (non-hydrogen) atoms. The van der Waals surface area contributed by atoms with Crippen LogP contribution in [0.15, 0.2) is 29.4 Å². The largest absolute Gasteiger partial charge is 0.495 e. The standard InChI is InChI=1S/C13H13ClN4O3S/c1-20-9-6-4-3-5-8(9)16-12-17-11(14)10(22-12)7-15-18-13(19)21-2/h3-7H,1-2H3,(H,16,17)(H,18,19)/b15-7+. The van der Waals surface area contributed by atoms with Crippen LogP contribution < -0.4 is 15.5 Å². The molecule has 0 aliphatic carbocycles. The predicted octanol–water partition coefficient (Wildman–Crippen LogP) is 3.24. The average Bonchev–Trinajstić information content (AvgIpc) is 2.87.